The van der Waals surface area contributed by atoms with Crippen molar-refractivity contribution in [3.63, 3.8) is 0 Å². The van der Waals surface area contributed by atoms with Crippen molar-refractivity contribution >= 4 is 6.09 Å². The van der Waals surface area contributed by atoms with Crippen LogP contribution in [0.5, 0.6) is 0 Å². The maximum Gasteiger partial charge on any atom is 0.409 e. The summed E-state index contributed by atoms with van der Waals surface area (Å²) in [6.45, 7) is 0.211. The molecule has 0 aliphatic heterocycles. The molecule has 1 aromatic rings. The van der Waals surface area contributed by atoms with Crippen LogP contribution >= 0.6 is 0 Å². The third kappa shape index (κ3) is 4.13. The van der Waals surface area contributed by atoms with Gasteiger partial charge in [-0.15, -0.1) is 0 Å². The maximum absolute atomic E-state index is 11.4. The molecule has 0 saturated heterocycles. The highest BCUT2D eigenvalue weighted by Gasteiger charge is 2.09. The van der Waals surface area contributed by atoms with Crippen LogP contribution < -0.4 is 0 Å². The normalized spacial score (nSPS) is 9.47. The third-order valence-electron chi connectivity index (χ3n) is 2.13. The van der Waals surface area contributed by atoms with Gasteiger partial charge in [-0.2, -0.15) is 5.26 Å². The Morgan fingerprint density at radius 3 is 2.65 bits per heavy atom. The van der Waals surface area contributed by atoms with E-state index in [1.165, 1.54) is 4.90 Å². The third-order valence-corrected chi connectivity index (χ3v) is 2.13. The van der Waals surface area contributed by atoms with Crippen molar-refractivity contribution in [3.8, 4) is 6.07 Å². The lowest BCUT2D eigenvalue weighted by molar-refractivity contribution is 0.0894. The molecule has 17 heavy (non-hydrogen) atoms. The molecule has 1 amide bonds. The van der Waals surface area contributed by atoms with Crippen molar-refractivity contribution in [3.05, 3.63) is 35.4 Å². The summed E-state index contributed by atoms with van der Waals surface area (Å²) in [5, 5.41) is 17.2. The zero-order valence-electron chi connectivity index (χ0n) is 9.59. The molecule has 1 aromatic carbocycles. The Hall–Kier alpha value is -2.06. The first-order chi connectivity index (χ1) is 8.17. The molecule has 0 unspecified atom stereocenters. The Morgan fingerprint density at radius 2 is 2.12 bits per heavy atom. The van der Waals surface area contributed by atoms with E-state index < -0.39 is 6.09 Å². The van der Waals surface area contributed by atoms with Crippen LogP contribution in [0, 0.1) is 11.3 Å². The number of aliphatic hydroxyl groups excluding tert-OH is 1. The summed E-state index contributed by atoms with van der Waals surface area (Å²) < 4.78 is 4.75. The minimum Gasteiger partial charge on any atom is -0.447 e. The zero-order valence-corrected chi connectivity index (χ0v) is 9.59. The second kappa shape index (κ2) is 6.51. The fourth-order valence-electron chi connectivity index (χ4n) is 1.27. The second-order valence-electron chi connectivity index (χ2n) is 3.50. The number of nitriles is 1. The van der Waals surface area contributed by atoms with E-state index in [4.69, 9.17) is 15.1 Å². The van der Waals surface area contributed by atoms with E-state index in [0.717, 1.165) is 5.56 Å². The molecule has 0 radical (unpaired) electrons. The van der Waals surface area contributed by atoms with Gasteiger partial charge in [0.25, 0.3) is 0 Å². The quantitative estimate of drug-likeness (QED) is 0.847. The predicted octanol–water partition coefficient (Wildman–Crippen LogP) is 1.12. The van der Waals surface area contributed by atoms with Gasteiger partial charge >= 0.3 is 6.09 Å². The molecule has 0 aromatic heterocycles. The maximum atomic E-state index is 11.4. The molecule has 0 atom stereocenters. The number of aliphatic hydroxyl groups is 1. The standard InChI is InChI=1S/C12H14N2O3/c1-14(12(16)17-7-6-15)9-11-4-2-10(8-13)3-5-11/h2-5,15H,6-7,9H2,1H3. The highest BCUT2D eigenvalue weighted by Crippen LogP contribution is 2.06. The van der Waals surface area contributed by atoms with Crippen LogP contribution in [0.4, 0.5) is 4.79 Å². The number of amides is 1. The van der Waals surface area contributed by atoms with Crippen LogP contribution in [0.3, 0.4) is 0 Å². The summed E-state index contributed by atoms with van der Waals surface area (Å²) >= 11 is 0. The molecule has 0 saturated carbocycles. The molecule has 5 nitrogen and oxygen atoms in total. The van der Waals surface area contributed by atoms with Crippen LogP contribution in [0.2, 0.25) is 0 Å². The monoisotopic (exact) mass is 234 g/mol. The van der Waals surface area contributed by atoms with Crippen molar-refractivity contribution in [2.24, 2.45) is 0 Å². The summed E-state index contributed by atoms with van der Waals surface area (Å²) in [6.07, 6.45) is -0.483. The van der Waals surface area contributed by atoms with Crippen LogP contribution in [0.15, 0.2) is 24.3 Å². The first-order valence-corrected chi connectivity index (χ1v) is 5.15. The van der Waals surface area contributed by atoms with Gasteiger partial charge in [-0.25, -0.2) is 4.79 Å². The number of ether oxygens (including phenoxy) is 1. The molecular formula is C12H14N2O3. The molecule has 90 valence electrons. The van der Waals surface area contributed by atoms with Crippen molar-refractivity contribution in [2.45, 2.75) is 6.54 Å². The number of hydrogen-bond donors (Lipinski definition) is 1. The van der Waals surface area contributed by atoms with Gasteiger partial charge in [-0.1, -0.05) is 12.1 Å². The van der Waals surface area contributed by atoms with Gasteiger partial charge in [0.2, 0.25) is 0 Å². The average Bonchev–Trinajstić information content (AvgIpc) is 2.36. The van der Waals surface area contributed by atoms with E-state index >= 15 is 0 Å². The molecule has 0 spiro atoms. The SMILES string of the molecule is CN(Cc1ccc(C#N)cc1)C(=O)OCCO. The summed E-state index contributed by atoms with van der Waals surface area (Å²) in [6, 6.07) is 8.99. The number of carbonyl (C=O) groups is 1. The lowest BCUT2D eigenvalue weighted by Crippen LogP contribution is -2.27. The first-order valence-electron chi connectivity index (χ1n) is 5.15. The fraction of sp³-hybridized carbons (Fsp3) is 0.333. The topological polar surface area (TPSA) is 73.6 Å². The molecule has 5 heteroatoms. The van der Waals surface area contributed by atoms with E-state index in [1.54, 1.807) is 31.3 Å². The van der Waals surface area contributed by atoms with Gasteiger partial charge < -0.3 is 14.7 Å². The molecule has 0 fully saturated rings. The van der Waals surface area contributed by atoms with E-state index in [0.29, 0.717) is 12.1 Å². The Kier molecular flexibility index (Phi) is 4.98. The molecule has 0 heterocycles. The van der Waals surface area contributed by atoms with Crippen LogP contribution in [-0.4, -0.2) is 36.4 Å². The summed E-state index contributed by atoms with van der Waals surface area (Å²) in [4.78, 5) is 12.8. The van der Waals surface area contributed by atoms with Crippen LogP contribution in [-0.2, 0) is 11.3 Å². The number of hydrogen-bond acceptors (Lipinski definition) is 4. The van der Waals surface area contributed by atoms with Crippen molar-refractivity contribution in [1.29, 1.82) is 5.26 Å². The fourth-order valence-corrected chi connectivity index (χ4v) is 1.27. The second-order valence-corrected chi connectivity index (χ2v) is 3.50. The Balaban J connectivity index is 2.52. The summed E-state index contributed by atoms with van der Waals surface area (Å²) in [5.41, 5.74) is 1.49. The zero-order chi connectivity index (χ0) is 12.7. The van der Waals surface area contributed by atoms with Gasteiger partial charge in [0, 0.05) is 13.6 Å². The number of benzene rings is 1. The van der Waals surface area contributed by atoms with Crippen molar-refractivity contribution < 1.29 is 14.6 Å². The molecule has 0 bridgehead atoms. The van der Waals surface area contributed by atoms with Crippen LogP contribution in [0.25, 0.3) is 0 Å². The Bertz CT molecular complexity index is 409. The van der Waals surface area contributed by atoms with E-state index in [9.17, 15) is 4.79 Å². The lowest BCUT2D eigenvalue weighted by Gasteiger charge is -2.16. The lowest BCUT2D eigenvalue weighted by atomic mass is 10.1. The van der Waals surface area contributed by atoms with Crippen molar-refractivity contribution in [2.75, 3.05) is 20.3 Å². The minimum absolute atomic E-state index is 0.00343. The molecule has 0 aliphatic rings. The van der Waals surface area contributed by atoms with Crippen LogP contribution in [0.1, 0.15) is 11.1 Å². The molecule has 1 rings (SSSR count). The molecular weight excluding hydrogens is 220 g/mol. The predicted molar refractivity (Wildman–Crippen MR) is 61.1 cm³/mol. The van der Waals surface area contributed by atoms with Gasteiger partial charge in [0.1, 0.15) is 6.61 Å². The number of carbonyl (C=O) groups excluding carboxylic acids is 1. The Labute approximate surface area is 99.8 Å². The van der Waals surface area contributed by atoms with Gasteiger partial charge in [0.05, 0.1) is 18.2 Å². The highest BCUT2D eigenvalue weighted by molar-refractivity contribution is 5.67. The van der Waals surface area contributed by atoms with E-state index in [1.807, 2.05) is 6.07 Å². The summed E-state index contributed by atoms with van der Waals surface area (Å²) in [7, 11) is 1.61. The smallest absolute Gasteiger partial charge is 0.409 e. The largest absolute Gasteiger partial charge is 0.447 e. The number of rotatable bonds is 4. The highest BCUT2D eigenvalue weighted by atomic mass is 16.6. The minimum atomic E-state index is -0.483. The summed E-state index contributed by atoms with van der Waals surface area (Å²) in [5.74, 6) is 0. The van der Waals surface area contributed by atoms with Gasteiger partial charge in [0.15, 0.2) is 0 Å². The Morgan fingerprint density at radius 1 is 1.47 bits per heavy atom. The van der Waals surface area contributed by atoms with Crippen molar-refractivity contribution in [1.82, 2.24) is 4.90 Å². The number of nitrogens with zero attached hydrogens (tertiary/aromatic N) is 2. The van der Waals surface area contributed by atoms with E-state index in [2.05, 4.69) is 0 Å². The molecule has 1 N–H and O–H groups in total. The van der Waals surface area contributed by atoms with Gasteiger partial charge in [-0.3, -0.25) is 0 Å². The average molecular weight is 234 g/mol. The van der Waals surface area contributed by atoms with E-state index in [-0.39, 0.29) is 13.2 Å². The van der Waals surface area contributed by atoms with Gasteiger partial charge in [-0.05, 0) is 17.7 Å². The first kappa shape index (κ1) is 13.0. The molecule has 0 aliphatic carbocycles.